The number of hydrogen-bond donors (Lipinski definition) is 2. The van der Waals surface area contributed by atoms with Gasteiger partial charge < -0.3 is 30.1 Å². The molecule has 0 aromatic heterocycles. The molecule has 3 N–H and O–H groups in total. The SMILES string of the molecule is CCN.CCOC(=O)C(=NNC)C(=O)OCC.CCOC(=O)C(Br)C(=O)OCC. The van der Waals surface area contributed by atoms with Gasteiger partial charge in [-0.15, -0.1) is 0 Å². The molecule has 0 aromatic rings. The molecule has 0 aliphatic heterocycles. The molecule has 0 aliphatic carbocycles. The van der Waals surface area contributed by atoms with E-state index in [4.69, 9.17) is 5.73 Å². The predicted octanol–water partition coefficient (Wildman–Crippen LogP) is 0.529. The minimum absolute atomic E-state index is 0.182. The second-order valence-electron chi connectivity index (χ2n) is 4.40. The number of hydrazone groups is 1. The normalized spacial score (nSPS) is 8.86. The van der Waals surface area contributed by atoms with Crippen molar-refractivity contribution in [1.82, 2.24) is 5.43 Å². The van der Waals surface area contributed by atoms with E-state index in [0.29, 0.717) is 0 Å². The van der Waals surface area contributed by atoms with Gasteiger partial charge in [0.25, 0.3) is 5.71 Å². The maximum Gasteiger partial charge on any atom is 0.366 e. The first-order valence-electron chi connectivity index (χ1n) is 8.97. The first-order chi connectivity index (χ1) is 13.7. The number of alkyl halides is 1. The zero-order valence-corrected chi connectivity index (χ0v) is 19.4. The van der Waals surface area contributed by atoms with Crippen molar-refractivity contribution in [1.29, 1.82) is 0 Å². The fraction of sp³-hybridized carbons (Fsp3) is 0.706. The summed E-state index contributed by atoms with van der Waals surface area (Å²) in [7, 11) is 1.47. The van der Waals surface area contributed by atoms with Gasteiger partial charge in [0.1, 0.15) is 0 Å². The molecule has 170 valence electrons. The Morgan fingerprint density at radius 3 is 1.38 bits per heavy atom. The highest BCUT2D eigenvalue weighted by Gasteiger charge is 2.25. The van der Waals surface area contributed by atoms with Crippen molar-refractivity contribution in [3.63, 3.8) is 0 Å². The molecule has 0 rings (SSSR count). The zero-order valence-electron chi connectivity index (χ0n) is 17.8. The summed E-state index contributed by atoms with van der Waals surface area (Å²) in [5.74, 6) is -2.81. The highest BCUT2D eigenvalue weighted by molar-refractivity contribution is 9.10. The predicted molar refractivity (Wildman–Crippen MR) is 110 cm³/mol. The Morgan fingerprint density at radius 2 is 1.14 bits per heavy atom. The molecular formula is C17H32BrN3O8. The number of nitrogens with zero attached hydrogens (tertiary/aromatic N) is 1. The molecule has 0 aliphatic rings. The van der Waals surface area contributed by atoms with Gasteiger partial charge in [-0.2, -0.15) is 5.10 Å². The van der Waals surface area contributed by atoms with Crippen molar-refractivity contribution in [2.45, 2.75) is 39.4 Å². The second kappa shape index (κ2) is 22.1. The maximum atomic E-state index is 11.2. The third-order valence-corrected chi connectivity index (χ3v) is 2.90. The molecule has 0 saturated carbocycles. The van der Waals surface area contributed by atoms with Crippen molar-refractivity contribution in [3.05, 3.63) is 0 Å². The van der Waals surface area contributed by atoms with Crippen LogP contribution < -0.4 is 11.2 Å². The molecule has 0 heterocycles. The number of halogens is 1. The molecule has 0 unspecified atom stereocenters. The Balaban J connectivity index is -0.000000414. The molecule has 0 amide bonds. The van der Waals surface area contributed by atoms with Crippen molar-refractivity contribution in [2.24, 2.45) is 10.8 Å². The van der Waals surface area contributed by atoms with Crippen LogP contribution >= 0.6 is 15.9 Å². The van der Waals surface area contributed by atoms with Crippen LogP contribution in [-0.2, 0) is 38.1 Å². The van der Waals surface area contributed by atoms with Crippen LogP contribution in [0.2, 0.25) is 0 Å². The topological polar surface area (TPSA) is 156 Å². The van der Waals surface area contributed by atoms with Crippen LogP contribution in [-0.4, -0.2) is 74.4 Å². The minimum atomic E-state index is -1.00. The Morgan fingerprint density at radius 1 is 0.828 bits per heavy atom. The summed E-state index contributed by atoms with van der Waals surface area (Å²) in [5.41, 5.74) is 6.80. The third kappa shape index (κ3) is 17.6. The summed E-state index contributed by atoms with van der Waals surface area (Å²) < 4.78 is 18.4. The quantitative estimate of drug-likeness (QED) is 0.118. The Kier molecular flexibility index (Phi) is 24.0. The number of nitrogens with two attached hydrogens (primary N) is 1. The smallest absolute Gasteiger partial charge is 0.366 e. The summed E-state index contributed by atoms with van der Waals surface area (Å²) in [6.07, 6.45) is 0. The lowest BCUT2D eigenvalue weighted by atomic mass is 10.4. The Labute approximate surface area is 179 Å². The van der Waals surface area contributed by atoms with Crippen LogP contribution in [0.4, 0.5) is 0 Å². The number of carbonyl (C=O) groups excluding carboxylic acids is 4. The largest absolute Gasteiger partial charge is 0.465 e. The molecule has 0 saturated heterocycles. The molecule has 0 aromatic carbocycles. The second-order valence-corrected chi connectivity index (χ2v) is 5.32. The standard InChI is InChI=1S/C8H14N2O4.C7H11BrO4.C2H7N/c1-4-13-7(11)6(10-9-3)8(12)14-5-2;1-3-11-6(9)5(8)7(10)12-4-2;1-2-3/h9H,4-5H2,1-3H3;5H,3-4H2,1-2H3;2-3H2,1H3. The average Bonchev–Trinajstić information content (AvgIpc) is 2.67. The molecule has 12 heteroatoms. The molecular weight excluding hydrogens is 454 g/mol. The molecule has 0 radical (unpaired) electrons. The minimum Gasteiger partial charge on any atom is -0.465 e. The van der Waals surface area contributed by atoms with Gasteiger partial charge in [-0.1, -0.05) is 22.9 Å². The molecule has 0 bridgehead atoms. The van der Waals surface area contributed by atoms with E-state index in [1.165, 1.54) is 7.05 Å². The van der Waals surface area contributed by atoms with E-state index in [1.807, 2.05) is 6.92 Å². The van der Waals surface area contributed by atoms with Crippen molar-refractivity contribution in [2.75, 3.05) is 40.0 Å². The number of rotatable bonds is 9. The average molecular weight is 486 g/mol. The highest BCUT2D eigenvalue weighted by Crippen LogP contribution is 2.04. The van der Waals surface area contributed by atoms with Crippen molar-refractivity contribution >= 4 is 45.5 Å². The van der Waals surface area contributed by atoms with E-state index in [1.54, 1.807) is 27.7 Å². The Hall–Kier alpha value is -2.21. The van der Waals surface area contributed by atoms with E-state index in [9.17, 15) is 19.2 Å². The van der Waals surface area contributed by atoms with Crippen LogP contribution in [0.1, 0.15) is 34.6 Å². The van der Waals surface area contributed by atoms with E-state index < -0.39 is 28.7 Å². The molecule has 0 spiro atoms. The highest BCUT2D eigenvalue weighted by atomic mass is 79.9. The first-order valence-corrected chi connectivity index (χ1v) is 9.89. The van der Waals surface area contributed by atoms with Gasteiger partial charge in [0.05, 0.1) is 26.4 Å². The lowest BCUT2D eigenvalue weighted by Gasteiger charge is -2.07. The lowest BCUT2D eigenvalue weighted by molar-refractivity contribution is -0.152. The van der Waals surface area contributed by atoms with Gasteiger partial charge >= 0.3 is 23.9 Å². The monoisotopic (exact) mass is 485 g/mol. The van der Waals surface area contributed by atoms with Gasteiger partial charge in [0.2, 0.25) is 4.83 Å². The van der Waals surface area contributed by atoms with Gasteiger partial charge in [0, 0.05) is 7.05 Å². The number of nitrogens with one attached hydrogen (secondary N) is 1. The summed E-state index contributed by atoms with van der Waals surface area (Å²) in [6.45, 7) is 10.1. The lowest BCUT2D eigenvalue weighted by Crippen LogP contribution is -2.30. The number of carbonyl (C=O) groups is 4. The summed E-state index contributed by atoms with van der Waals surface area (Å²) in [4.78, 5) is 43.1. The number of esters is 4. The molecule has 0 fully saturated rings. The van der Waals surface area contributed by atoms with E-state index >= 15 is 0 Å². The number of ether oxygens (including phenoxy) is 4. The van der Waals surface area contributed by atoms with Gasteiger partial charge in [-0.05, 0) is 34.2 Å². The third-order valence-electron chi connectivity index (χ3n) is 2.15. The summed E-state index contributed by atoms with van der Waals surface area (Å²) in [6, 6.07) is 0. The molecule has 0 atom stereocenters. The maximum absolute atomic E-state index is 11.2. The van der Waals surface area contributed by atoms with Crippen LogP contribution in [0.25, 0.3) is 0 Å². The van der Waals surface area contributed by atoms with Gasteiger partial charge in [-0.3, -0.25) is 9.59 Å². The van der Waals surface area contributed by atoms with Crippen molar-refractivity contribution < 1.29 is 38.1 Å². The van der Waals surface area contributed by atoms with E-state index in [-0.39, 0.29) is 32.1 Å². The molecule has 11 nitrogen and oxygen atoms in total. The van der Waals surface area contributed by atoms with Crippen LogP contribution in [0.15, 0.2) is 5.10 Å². The van der Waals surface area contributed by atoms with Crippen LogP contribution in [0.3, 0.4) is 0 Å². The van der Waals surface area contributed by atoms with Gasteiger partial charge in [0.15, 0.2) is 0 Å². The van der Waals surface area contributed by atoms with Crippen LogP contribution in [0, 0.1) is 0 Å². The first kappa shape index (κ1) is 31.5. The fourth-order valence-corrected chi connectivity index (χ4v) is 1.48. The zero-order chi connectivity index (χ0) is 23.2. The van der Waals surface area contributed by atoms with E-state index in [0.717, 1.165) is 6.54 Å². The summed E-state index contributed by atoms with van der Waals surface area (Å²) in [5, 5.41) is 3.48. The fourth-order valence-electron chi connectivity index (χ4n) is 1.21. The van der Waals surface area contributed by atoms with Crippen molar-refractivity contribution in [3.8, 4) is 0 Å². The van der Waals surface area contributed by atoms with Gasteiger partial charge in [-0.25, -0.2) is 9.59 Å². The summed E-state index contributed by atoms with van der Waals surface area (Å²) >= 11 is 2.86. The van der Waals surface area contributed by atoms with Crippen LogP contribution in [0.5, 0.6) is 0 Å². The Bertz CT molecular complexity index is 477. The molecule has 29 heavy (non-hydrogen) atoms. The number of hydrogen-bond acceptors (Lipinski definition) is 11. The van der Waals surface area contributed by atoms with E-state index in [2.05, 4.69) is 45.4 Å².